The number of hydrogen-bond acceptors (Lipinski definition) is 2. The van der Waals surface area contributed by atoms with Crippen LogP contribution in [0, 0.1) is 0 Å². The molecule has 1 N–H and O–H groups in total. The van der Waals surface area contributed by atoms with Crippen molar-refractivity contribution in [1.82, 2.24) is 10.2 Å². The molecule has 0 aromatic carbocycles. The third kappa shape index (κ3) is 9.16. The topological polar surface area (TPSA) is 32.3 Å². The molecule has 0 aliphatic carbocycles. The van der Waals surface area contributed by atoms with Crippen LogP contribution in [0.5, 0.6) is 0 Å². The molecule has 86 valence electrons. The molecule has 0 atom stereocenters. The van der Waals surface area contributed by atoms with Crippen LogP contribution < -0.4 is 17.7 Å². The van der Waals surface area contributed by atoms with Crippen LogP contribution in [0.4, 0.5) is 0 Å². The largest absolute Gasteiger partial charge is 1.00 e. The molecule has 0 heterocycles. The average Bonchev–Trinajstić information content (AvgIpc) is 1.95. The van der Waals surface area contributed by atoms with E-state index in [9.17, 15) is 4.79 Å². The molecule has 0 aromatic rings. The summed E-state index contributed by atoms with van der Waals surface area (Å²) < 4.78 is -1.85. The van der Waals surface area contributed by atoms with E-state index in [4.69, 9.17) is 34.8 Å². The van der Waals surface area contributed by atoms with Crippen molar-refractivity contribution in [3.63, 3.8) is 0 Å². The van der Waals surface area contributed by atoms with Gasteiger partial charge in [0.25, 0.3) is 9.70 Å². The van der Waals surface area contributed by atoms with Gasteiger partial charge in [0, 0.05) is 6.54 Å². The first kappa shape index (κ1) is 17.0. The van der Waals surface area contributed by atoms with Crippen molar-refractivity contribution in [3.8, 4) is 0 Å². The van der Waals surface area contributed by atoms with E-state index in [-0.39, 0.29) is 12.4 Å². The minimum atomic E-state index is -1.85. The zero-order chi connectivity index (χ0) is 10.5. The van der Waals surface area contributed by atoms with Crippen molar-refractivity contribution in [2.24, 2.45) is 0 Å². The summed E-state index contributed by atoms with van der Waals surface area (Å²) in [6.45, 7) is 1.41. The summed E-state index contributed by atoms with van der Waals surface area (Å²) in [6.07, 6.45) is 0.833. The second-order valence-electron chi connectivity index (χ2n) is 2.91. The number of nitrogens with one attached hydrogen (secondary N) is 1. The minimum Gasteiger partial charge on any atom is -1.00 e. The van der Waals surface area contributed by atoms with Gasteiger partial charge in [0.05, 0.1) is 0 Å². The summed E-state index contributed by atoms with van der Waals surface area (Å²) in [5.41, 5.74) is 0. The van der Waals surface area contributed by atoms with Crippen molar-refractivity contribution in [2.45, 2.75) is 10.2 Å². The van der Waals surface area contributed by atoms with E-state index < -0.39 is 9.70 Å². The Morgan fingerprint density at radius 3 is 2.21 bits per heavy atom. The molecule has 0 aromatic heterocycles. The maximum absolute atomic E-state index is 11.0. The van der Waals surface area contributed by atoms with Gasteiger partial charge >= 0.3 is 0 Å². The fraction of sp³-hybridized carbons (Fsp3) is 0.857. The maximum atomic E-state index is 11.0. The third-order valence-electron chi connectivity index (χ3n) is 1.33. The lowest BCUT2D eigenvalue weighted by Crippen LogP contribution is -3.00. The number of rotatable bonds is 4. The fourth-order valence-electron chi connectivity index (χ4n) is 0.697. The predicted molar refractivity (Wildman–Crippen MR) is 56.5 cm³/mol. The Hall–Kier alpha value is 0.590. The number of hydrogen-bond donors (Lipinski definition) is 1. The molecule has 0 aliphatic heterocycles. The molecule has 0 saturated carbocycles. The molecule has 0 bridgehead atoms. The average molecular weight is 283 g/mol. The first-order valence-electron chi connectivity index (χ1n) is 3.84. The summed E-state index contributed by atoms with van der Waals surface area (Å²) in [6, 6.07) is 0. The van der Waals surface area contributed by atoms with Crippen molar-refractivity contribution in [2.75, 3.05) is 27.2 Å². The van der Waals surface area contributed by atoms with Gasteiger partial charge in [-0.05, 0) is 27.1 Å². The van der Waals surface area contributed by atoms with E-state index in [2.05, 4.69) is 5.32 Å². The minimum absolute atomic E-state index is 0. The van der Waals surface area contributed by atoms with Crippen LogP contribution in [0.3, 0.4) is 0 Å². The summed E-state index contributed by atoms with van der Waals surface area (Å²) in [5.74, 6) is -0.573. The normalized spacial score (nSPS) is 11.0. The van der Waals surface area contributed by atoms with E-state index in [0.717, 1.165) is 13.0 Å². The second-order valence-corrected chi connectivity index (χ2v) is 5.19. The van der Waals surface area contributed by atoms with E-state index in [1.807, 2.05) is 19.0 Å². The van der Waals surface area contributed by atoms with E-state index in [1.54, 1.807) is 0 Å². The number of amides is 1. The highest BCUT2D eigenvalue weighted by molar-refractivity contribution is 6.76. The van der Waals surface area contributed by atoms with Gasteiger partial charge in [-0.15, -0.1) is 0 Å². The lowest BCUT2D eigenvalue weighted by molar-refractivity contribution is -0.120. The van der Waals surface area contributed by atoms with Crippen LogP contribution in [0.25, 0.3) is 0 Å². The van der Waals surface area contributed by atoms with E-state index >= 15 is 0 Å². The molecule has 3 nitrogen and oxygen atoms in total. The van der Waals surface area contributed by atoms with E-state index in [0.29, 0.717) is 6.54 Å². The summed E-state index contributed by atoms with van der Waals surface area (Å²) in [4.78, 5) is 13.0. The predicted octanol–water partition coefficient (Wildman–Crippen LogP) is -1.57. The summed E-state index contributed by atoms with van der Waals surface area (Å²) in [5, 5.41) is 2.52. The Morgan fingerprint density at radius 2 is 1.86 bits per heavy atom. The van der Waals surface area contributed by atoms with Gasteiger partial charge in [-0.25, -0.2) is 0 Å². The van der Waals surface area contributed by atoms with Gasteiger partial charge in [0.1, 0.15) is 0 Å². The molecule has 0 rings (SSSR count). The Bertz CT molecular complexity index is 170. The molecular weight excluding hydrogens is 270 g/mol. The number of carbonyl (C=O) groups is 1. The Labute approximate surface area is 105 Å². The Morgan fingerprint density at radius 1 is 1.36 bits per heavy atom. The van der Waals surface area contributed by atoms with Gasteiger partial charge in [0.15, 0.2) is 0 Å². The molecule has 14 heavy (non-hydrogen) atoms. The second kappa shape index (κ2) is 7.83. The number of carbonyl (C=O) groups excluding carboxylic acids is 1. The molecule has 0 unspecified atom stereocenters. The van der Waals surface area contributed by atoms with Crippen molar-refractivity contribution in [1.29, 1.82) is 0 Å². The van der Waals surface area contributed by atoms with Gasteiger partial charge in [0.2, 0.25) is 0 Å². The van der Waals surface area contributed by atoms with Crippen LogP contribution in [0.15, 0.2) is 0 Å². The quantitative estimate of drug-likeness (QED) is 0.499. The van der Waals surface area contributed by atoms with Gasteiger partial charge in [-0.3, -0.25) is 4.79 Å². The highest BCUT2D eigenvalue weighted by Crippen LogP contribution is 2.25. The Balaban J connectivity index is 0. The lowest BCUT2D eigenvalue weighted by atomic mass is 10.4. The monoisotopic (exact) mass is 281 g/mol. The van der Waals surface area contributed by atoms with Crippen LogP contribution >= 0.6 is 34.8 Å². The van der Waals surface area contributed by atoms with Crippen LogP contribution in [0.2, 0.25) is 0 Å². The highest BCUT2D eigenvalue weighted by atomic mass is 35.6. The SMILES string of the molecule is CN(C)CCCNC(=O)C(Cl)(Cl)Cl.[Cl-]. The number of halogens is 4. The molecule has 0 aliphatic rings. The summed E-state index contributed by atoms with van der Waals surface area (Å²) >= 11 is 16.0. The molecule has 1 amide bonds. The fourth-order valence-corrected chi connectivity index (χ4v) is 0.898. The first-order chi connectivity index (χ1) is 5.84. The molecule has 0 saturated heterocycles. The first-order valence-corrected chi connectivity index (χ1v) is 4.97. The molecule has 0 spiro atoms. The van der Waals surface area contributed by atoms with Crippen LogP contribution in [-0.2, 0) is 4.79 Å². The zero-order valence-corrected chi connectivity index (χ0v) is 11.0. The number of alkyl halides is 3. The van der Waals surface area contributed by atoms with Crippen LogP contribution in [0.1, 0.15) is 6.42 Å². The van der Waals surface area contributed by atoms with E-state index in [1.165, 1.54) is 0 Å². The molecule has 0 fully saturated rings. The molecule has 0 radical (unpaired) electrons. The lowest BCUT2D eigenvalue weighted by Gasteiger charge is -2.12. The van der Waals surface area contributed by atoms with Crippen LogP contribution in [-0.4, -0.2) is 41.8 Å². The summed E-state index contributed by atoms with van der Waals surface area (Å²) in [7, 11) is 3.91. The highest BCUT2D eigenvalue weighted by Gasteiger charge is 2.29. The number of nitrogens with zero attached hydrogens (tertiary/aromatic N) is 1. The van der Waals surface area contributed by atoms with Crippen molar-refractivity contribution >= 4 is 40.7 Å². The third-order valence-corrected chi connectivity index (χ3v) is 1.84. The van der Waals surface area contributed by atoms with Crippen molar-refractivity contribution in [3.05, 3.63) is 0 Å². The smallest absolute Gasteiger partial charge is 0.272 e. The maximum Gasteiger partial charge on any atom is 0.272 e. The Kier molecular flexibility index (Phi) is 9.50. The van der Waals surface area contributed by atoms with Crippen molar-refractivity contribution < 1.29 is 17.2 Å². The molecule has 7 heteroatoms. The molecular formula is C7H13Cl4N2O-. The standard InChI is InChI=1S/C7H13Cl3N2O.ClH/c1-12(2)5-3-4-11-6(13)7(8,9)10;/h3-5H2,1-2H3,(H,11,13);1H/p-1. The zero-order valence-electron chi connectivity index (χ0n) is 7.99. The van der Waals surface area contributed by atoms with Gasteiger partial charge in [-0.2, -0.15) is 0 Å². The van der Waals surface area contributed by atoms with Gasteiger partial charge < -0.3 is 22.6 Å². The van der Waals surface area contributed by atoms with Gasteiger partial charge in [-0.1, -0.05) is 34.8 Å².